The minimum Gasteiger partial charge on any atom is -0.480 e. The van der Waals surface area contributed by atoms with Crippen LogP contribution in [-0.2, 0) is 11.0 Å². The van der Waals surface area contributed by atoms with Gasteiger partial charge in [0.05, 0.1) is 11.3 Å². The first kappa shape index (κ1) is 15.2. The smallest absolute Gasteiger partial charge is 0.418 e. The first-order chi connectivity index (χ1) is 9.30. The number of halogens is 4. The van der Waals surface area contributed by atoms with E-state index in [1.165, 1.54) is 17.0 Å². The van der Waals surface area contributed by atoms with Gasteiger partial charge in [0.2, 0.25) is 0 Å². The van der Waals surface area contributed by atoms with Gasteiger partial charge in [-0.1, -0.05) is 15.9 Å². The van der Waals surface area contributed by atoms with Gasteiger partial charge in [-0.3, -0.25) is 0 Å². The fraction of sp³-hybridized carbons (Fsp3) is 0.462. The minimum absolute atomic E-state index is 0.0704. The lowest BCUT2D eigenvalue weighted by molar-refractivity contribution is -0.140. The molecule has 0 saturated carbocycles. The van der Waals surface area contributed by atoms with Crippen molar-refractivity contribution in [2.45, 2.75) is 31.5 Å². The molecule has 1 unspecified atom stereocenters. The molecule has 3 nitrogen and oxygen atoms in total. The number of rotatable bonds is 2. The predicted molar refractivity (Wildman–Crippen MR) is 71.8 cm³/mol. The van der Waals surface area contributed by atoms with Gasteiger partial charge in [-0.2, -0.15) is 13.2 Å². The summed E-state index contributed by atoms with van der Waals surface area (Å²) in [6, 6.07) is 2.72. The van der Waals surface area contributed by atoms with Crippen molar-refractivity contribution in [2.24, 2.45) is 0 Å². The summed E-state index contributed by atoms with van der Waals surface area (Å²) >= 11 is 3.15. The van der Waals surface area contributed by atoms with Crippen molar-refractivity contribution in [1.82, 2.24) is 0 Å². The maximum absolute atomic E-state index is 13.1. The molecule has 1 heterocycles. The van der Waals surface area contributed by atoms with Gasteiger partial charge in [-0.15, -0.1) is 0 Å². The van der Waals surface area contributed by atoms with Crippen LogP contribution in [0, 0.1) is 0 Å². The summed E-state index contributed by atoms with van der Waals surface area (Å²) < 4.78 is 39.7. The van der Waals surface area contributed by atoms with E-state index in [2.05, 4.69) is 15.9 Å². The SMILES string of the molecule is O=C(O)C1CCCCN1c1cc(Br)ccc1C(F)(F)F. The summed E-state index contributed by atoms with van der Waals surface area (Å²) in [5.41, 5.74) is -0.868. The van der Waals surface area contributed by atoms with Crippen LogP contribution in [0.15, 0.2) is 22.7 Å². The van der Waals surface area contributed by atoms with E-state index in [1.807, 2.05) is 0 Å². The van der Waals surface area contributed by atoms with Crippen molar-refractivity contribution >= 4 is 27.6 Å². The second kappa shape index (κ2) is 5.63. The minimum atomic E-state index is -4.50. The molecule has 1 aliphatic heterocycles. The molecule has 2 rings (SSSR count). The third-order valence-electron chi connectivity index (χ3n) is 3.36. The highest BCUT2D eigenvalue weighted by Crippen LogP contribution is 2.40. The number of alkyl halides is 3. The van der Waals surface area contributed by atoms with E-state index in [0.29, 0.717) is 30.3 Å². The zero-order valence-corrected chi connectivity index (χ0v) is 12.0. The molecule has 20 heavy (non-hydrogen) atoms. The molecule has 7 heteroatoms. The van der Waals surface area contributed by atoms with Gasteiger partial charge in [-0.25, -0.2) is 4.79 Å². The molecule has 0 aromatic heterocycles. The van der Waals surface area contributed by atoms with Crippen molar-refractivity contribution in [1.29, 1.82) is 0 Å². The molecule has 110 valence electrons. The quantitative estimate of drug-likeness (QED) is 0.877. The average molecular weight is 352 g/mol. The second-order valence-electron chi connectivity index (χ2n) is 4.70. The second-order valence-corrected chi connectivity index (χ2v) is 5.62. The van der Waals surface area contributed by atoms with Crippen LogP contribution in [-0.4, -0.2) is 23.7 Å². The Morgan fingerprint density at radius 1 is 1.35 bits per heavy atom. The number of anilines is 1. The molecular formula is C13H13BrF3NO2. The Morgan fingerprint density at radius 2 is 2.05 bits per heavy atom. The molecular weight excluding hydrogens is 339 g/mol. The number of aliphatic carboxylic acids is 1. The first-order valence-corrected chi connectivity index (χ1v) is 6.96. The third kappa shape index (κ3) is 3.08. The normalized spacial score (nSPS) is 20.0. The lowest BCUT2D eigenvalue weighted by Gasteiger charge is -2.36. The number of piperidine rings is 1. The highest BCUT2D eigenvalue weighted by Gasteiger charge is 2.38. The van der Waals surface area contributed by atoms with Crippen LogP contribution in [0.4, 0.5) is 18.9 Å². The topological polar surface area (TPSA) is 40.5 Å². The summed E-state index contributed by atoms with van der Waals surface area (Å²) in [5, 5.41) is 9.20. The molecule has 1 N–H and O–H groups in total. The summed E-state index contributed by atoms with van der Waals surface area (Å²) in [6.45, 7) is 0.316. The van der Waals surface area contributed by atoms with Gasteiger partial charge in [0.25, 0.3) is 0 Å². The lowest BCUT2D eigenvalue weighted by Crippen LogP contribution is -2.45. The summed E-state index contributed by atoms with van der Waals surface area (Å²) in [5.74, 6) is -1.09. The highest BCUT2D eigenvalue weighted by atomic mass is 79.9. The summed E-state index contributed by atoms with van der Waals surface area (Å²) in [4.78, 5) is 12.6. The van der Waals surface area contributed by atoms with Crippen LogP contribution in [0.5, 0.6) is 0 Å². The summed E-state index contributed by atoms with van der Waals surface area (Å²) in [6.07, 6.45) is -2.74. The molecule has 0 spiro atoms. The van der Waals surface area contributed by atoms with Gasteiger partial charge in [-0.05, 0) is 37.5 Å². The number of carboxylic acid groups (broad SMARTS) is 1. The van der Waals surface area contributed by atoms with E-state index < -0.39 is 23.8 Å². The van der Waals surface area contributed by atoms with E-state index in [1.54, 1.807) is 0 Å². The average Bonchev–Trinajstić information content (AvgIpc) is 2.37. The number of carbonyl (C=O) groups is 1. The van der Waals surface area contributed by atoms with Gasteiger partial charge >= 0.3 is 12.1 Å². The zero-order chi connectivity index (χ0) is 14.9. The molecule has 1 fully saturated rings. The maximum atomic E-state index is 13.1. The Labute approximate surface area is 122 Å². The number of nitrogens with zero attached hydrogens (tertiary/aromatic N) is 1. The largest absolute Gasteiger partial charge is 0.480 e. The molecule has 1 aromatic rings. The van der Waals surface area contributed by atoms with Crippen molar-refractivity contribution in [2.75, 3.05) is 11.4 Å². The molecule has 0 amide bonds. The van der Waals surface area contributed by atoms with Crippen LogP contribution in [0.3, 0.4) is 0 Å². The van der Waals surface area contributed by atoms with E-state index in [9.17, 15) is 23.1 Å². The van der Waals surface area contributed by atoms with Gasteiger partial charge < -0.3 is 10.0 Å². The van der Waals surface area contributed by atoms with E-state index in [4.69, 9.17) is 0 Å². The van der Waals surface area contributed by atoms with Crippen LogP contribution < -0.4 is 4.90 Å². The first-order valence-electron chi connectivity index (χ1n) is 6.17. The number of carboxylic acids is 1. The Hall–Kier alpha value is -1.24. The summed E-state index contributed by atoms with van der Waals surface area (Å²) in [7, 11) is 0. The van der Waals surface area contributed by atoms with Crippen LogP contribution in [0.2, 0.25) is 0 Å². The fourth-order valence-electron chi connectivity index (χ4n) is 2.46. The third-order valence-corrected chi connectivity index (χ3v) is 3.86. The molecule has 1 aromatic carbocycles. The molecule has 1 saturated heterocycles. The van der Waals surface area contributed by atoms with Crippen LogP contribution >= 0.6 is 15.9 Å². The Balaban J connectivity index is 2.49. The number of benzene rings is 1. The van der Waals surface area contributed by atoms with Crippen molar-refractivity contribution in [3.8, 4) is 0 Å². The van der Waals surface area contributed by atoms with Crippen LogP contribution in [0.1, 0.15) is 24.8 Å². The van der Waals surface area contributed by atoms with Crippen molar-refractivity contribution in [3.05, 3.63) is 28.2 Å². The van der Waals surface area contributed by atoms with Crippen molar-refractivity contribution in [3.63, 3.8) is 0 Å². The van der Waals surface area contributed by atoms with E-state index in [-0.39, 0.29) is 5.69 Å². The van der Waals surface area contributed by atoms with Gasteiger partial charge in [0.15, 0.2) is 0 Å². The van der Waals surface area contributed by atoms with Gasteiger partial charge in [0, 0.05) is 11.0 Å². The lowest BCUT2D eigenvalue weighted by atomic mass is 9.99. The molecule has 0 aliphatic carbocycles. The highest BCUT2D eigenvalue weighted by molar-refractivity contribution is 9.10. The van der Waals surface area contributed by atoms with Gasteiger partial charge in [0.1, 0.15) is 6.04 Å². The van der Waals surface area contributed by atoms with Crippen LogP contribution in [0.25, 0.3) is 0 Å². The monoisotopic (exact) mass is 351 g/mol. The molecule has 1 aliphatic rings. The number of hydrogen-bond acceptors (Lipinski definition) is 2. The van der Waals surface area contributed by atoms with Crippen molar-refractivity contribution < 1.29 is 23.1 Å². The standard InChI is InChI=1S/C13H13BrF3NO2/c14-8-4-5-9(13(15,16)17)11(7-8)18-6-2-1-3-10(18)12(19)20/h4-5,7,10H,1-3,6H2,(H,19,20). The Kier molecular flexibility index (Phi) is 4.27. The Bertz CT molecular complexity index is 519. The Morgan fingerprint density at radius 3 is 2.65 bits per heavy atom. The fourth-order valence-corrected chi connectivity index (χ4v) is 2.81. The molecule has 1 atom stereocenters. The predicted octanol–water partition coefficient (Wildman–Crippen LogP) is 3.91. The van der Waals surface area contributed by atoms with E-state index in [0.717, 1.165) is 6.07 Å². The zero-order valence-electron chi connectivity index (χ0n) is 10.5. The molecule has 0 bridgehead atoms. The number of hydrogen-bond donors (Lipinski definition) is 1. The van der Waals surface area contributed by atoms with E-state index >= 15 is 0 Å². The molecule has 0 radical (unpaired) electrons. The maximum Gasteiger partial charge on any atom is 0.418 e.